The van der Waals surface area contributed by atoms with E-state index in [4.69, 9.17) is 0 Å². The highest BCUT2D eigenvalue weighted by Gasteiger charge is 2.33. The molecular formula is C17H18N2O3S. The van der Waals surface area contributed by atoms with E-state index in [9.17, 15) is 13.2 Å². The summed E-state index contributed by atoms with van der Waals surface area (Å²) in [6, 6.07) is 15.7. The maximum atomic E-state index is 12.6. The predicted molar refractivity (Wildman–Crippen MR) is 87.4 cm³/mol. The Labute approximate surface area is 136 Å². The maximum absolute atomic E-state index is 12.6. The van der Waals surface area contributed by atoms with Gasteiger partial charge in [0.05, 0.1) is 11.6 Å². The lowest BCUT2D eigenvalue weighted by atomic mass is 10.2. The minimum absolute atomic E-state index is 0.0872. The highest BCUT2D eigenvalue weighted by Crippen LogP contribution is 2.20. The van der Waals surface area contributed by atoms with Gasteiger partial charge in [-0.1, -0.05) is 35.9 Å². The van der Waals surface area contributed by atoms with Crippen molar-refractivity contribution in [3.05, 3.63) is 65.7 Å². The van der Waals surface area contributed by atoms with Crippen LogP contribution in [0.2, 0.25) is 0 Å². The van der Waals surface area contributed by atoms with Crippen molar-refractivity contribution < 1.29 is 13.2 Å². The van der Waals surface area contributed by atoms with Crippen molar-refractivity contribution in [1.29, 1.82) is 0 Å². The van der Waals surface area contributed by atoms with E-state index < -0.39 is 10.0 Å². The Hall–Kier alpha value is -2.18. The summed E-state index contributed by atoms with van der Waals surface area (Å²) < 4.78 is 26.6. The number of aryl methyl sites for hydroxylation is 1. The molecule has 1 aliphatic rings. The van der Waals surface area contributed by atoms with Crippen LogP contribution in [0.25, 0.3) is 0 Å². The summed E-state index contributed by atoms with van der Waals surface area (Å²) >= 11 is 0. The first-order valence-electron chi connectivity index (χ1n) is 7.39. The van der Waals surface area contributed by atoms with Gasteiger partial charge in [0.2, 0.25) is 10.0 Å². The summed E-state index contributed by atoms with van der Waals surface area (Å²) in [6.45, 7) is 2.71. The summed E-state index contributed by atoms with van der Waals surface area (Å²) in [5.41, 5.74) is 1.58. The molecular weight excluding hydrogens is 312 g/mol. The van der Waals surface area contributed by atoms with Crippen LogP contribution in [-0.4, -0.2) is 43.3 Å². The second-order valence-corrected chi connectivity index (χ2v) is 7.51. The van der Waals surface area contributed by atoms with E-state index in [1.807, 2.05) is 13.0 Å². The summed E-state index contributed by atoms with van der Waals surface area (Å²) in [5, 5.41) is 0. The Bertz CT molecular complexity index is 801. The first kappa shape index (κ1) is 15.7. The van der Waals surface area contributed by atoms with Gasteiger partial charge in [-0.2, -0.15) is 4.31 Å². The molecule has 2 aromatic rings. The molecule has 1 amide bonds. The molecule has 1 fully saturated rings. The molecule has 0 spiro atoms. The summed E-state index contributed by atoms with van der Waals surface area (Å²) in [4.78, 5) is 14.2. The molecule has 0 N–H and O–H groups in total. The SMILES string of the molecule is Cc1ccc(S(=O)(=O)N2CCN(C(=O)c3ccccc3)C2)cc1. The van der Waals surface area contributed by atoms with Gasteiger partial charge in [0.15, 0.2) is 0 Å². The highest BCUT2D eigenvalue weighted by molar-refractivity contribution is 7.89. The largest absolute Gasteiger partial charge is 0.323 e. The Kier molecular flexibility index (Phi) is 4.19. The molecule has 0 radical (unpaired) electrons. The minimum Gasteiger partial charge on any atom is -0.323 e. The highest BCUT2D eigenvalue weighted by atomic mass is 32.2. The van der Waals surface area contributed by atoms with Crippen molar-refractivity contribution in [3.8, 4) is 0 Å². The van der Waals surface area contributed by atoms with Gasteiger partial charge in [-0.05, 0) is 31.2 Å². The van der Waals surface area contributed by atoms with E-state index in [-0.39, 0.29) is 17.5 Å². The van der Waals surface area contributed by atoms with Gasteiger partial charge in [0, 0.05) is 18.7 Å². The number of sulfonamides is 1. The van der Waals surface area contributed by atoms with Gasteiger partial charge in [-0.15, -0.1) is 0 Å². The van der Waals surface area contributed by atoms with Gasteiger partial charge in [-0.3, -0.25) is 4.79 Å². The van der Waals surface area contributed by atoms with Crippen molar-refractivity contribution >= 4 is 15.9 Å². The zero-order valence-corrected chi connectivity index (χ0v) is 13.7. The molecule has 2 aromatic carbocycles. The number of benzene rings is 2. The number of carbonyl (C=O) groups is 1. The molecule has 5 nitrogen and oxygen atoms in total. The van der Waals surface area contributed by atoms with Gasteiger partial charge in [0.1, 0.15) is 0 Å². The molecule has 0 atom stereocenters. The fourth-order valence-electron chi connectivity index (χ4n) is 2.55. The molecule has 0 aromatic heterocycles. The third kappa shape index (κ3) is 3.13. The normalized spacial score (nSPS) is 15.8. The van der Waals surface area contributed by atoms with Gasteiger partial charge in [-0.25, -0.2) is 8.42 Å². The van der Waals surface area contributed by atoms with E-state index >= 15 is 0 Å². The molecule has 1 saturated heterocycles. The first-order chi connectivity index (χ1) is 11.0. The number of rotatable bonds is 3. The van der Waals surface area contributed by atoms with Crippen LogP contribution >= 0.6 is 0 Å². The lowest BCUT2D eigenvalue weighted by Crippen LogP contribution is -2.34. The Morgan fingerprint density at radius 2 is 1.61 bits per heavy atom. The quantitative estimate of drug-likeness (QED) is 0.866. The van der Waals surface area contributed by atoms with E-state index in [1.54, 1.807) is 53.4 Å². The minimum atomic E-state index is -3.56. The fraction of sp³-hybridized carbons (Fsp3) is 0.235. The third-order valence-corrected chi connectivity index (χ3v) is 5.76. The second-order valence-electron chi connectivity index (χ2n) is 5.57. The van der Waals surface area contributed by atoms with E-state index in [0.717, 1.165) is 5.56 Å². The second kappa shape index (κ2) is 6.14. The van der Waals surface area contributed by atoms with Crippen LogP contribution in [0.4, 0.5) is 0 Å². The summed E-state index contributed by atoms with van der Waals surface area (Å²) in [5.74, 6) is -0.146. The molecule has 0 saturated carbocycles. The lowest BCUT2D eigenvalue weighted by molar-refractivity contribution is 0.0781. The fourth-order valence-corrected chi connectivity index (χ4v) is 3.94. The number of amides is 1. The number of carbonyl (C=O) groups excluding carboxylic acids is 1. The van der Waals surface area contributed by atoms with Crippen LogP contribution < -0.4 is 0 Å². The molecule has 0 aliphatic carbocycles. The number of nitrogens with zero attached hydrogens (tertiary/aromatic N) is 2. The predicted octanol–water partition coefficient (Wildman–Crippen LogP) is 2.10. The first-order valence-corrected chi connectivity index (χ1v) is 8.83. The van der Waals surface area contributed by atoms with Crippen LogP contribution in [-0.2, 0) is 10.0 Å². The van der Waals surface area contributed by atoms with Crippen molar-refractivity contribution in [3.63, 3.8) is 0 Å². The number of hydrogen-bond donors (Lipinski definition) is 0. The topological polar surface area (TPSA) is 57.7 Å². The van der Waals surface area contributed by atoms with Crippen LogP contribution in [0.15, 0.2) is 59.5 Å². The van der Waals surface area contributed by atoms with Crippen LogP contribution in [0, 0.1) is 6.92 Å². The van der Waals surface area contributed by atoms with Gasteiger partial charge in [0.25, 0.3) is 5.91 Å². The molecule has 0 bridgehead atoms. The Balaban J connectivity index is 1.77. The molecule has 0 unspecified atom stereocenters. The maximum Gasteiger partial charge on any atom is 0.254 e. The zero-order chi connectivity index (χ0) is 16.4. The summed E-state index contributed by atoms with van der Waals surface area (Å²) in [7, 11) is -3.56. The van der Waals surface area contributed by atoms with E-state index in [0.29, 0.717) is 18.7 Å². The van der Waals surface area contributed by atoms with Gasteiger partial charge < -0.3 is 4.90 Å². The molecule has 6 heteroatoms. The van der Waals surface area contributed by atoms with Crippen LogP contribution in [0.5, 0.6) is 0 Å². The molecule has 120 valence electrons. The summed E-state index contributed by atoms with van der Waals surface area (Å²) in [6.07, 6.45) is 0. The van der Waals surface area contributed by atoms with Gasteiger partial charge >= 0.3 is 0 Å². The molecule has 23 heavy (non-hydrogen) atoms. The zero-order valence-electron chi connectivity index (χ0n) is 12.8. The van der Waals surface area contributed by atoms with Crippen molar-refractivity contribution in [2.24, 2.45) is 0 Å². The Morgan fingerprint density at radius 3 is 2.26 bits per heavy atom. The van der Waals surface area contributed by atoms with Crippen LogP contribution in [0.1, 0.15) is 15.9 Å². The molecule has 1 aliphatic heterocycles. The lowest BCUT2D eigenvalue weighted by Gasteiger charge is -2.18. The van der Waals surface area contributed by atoms with E-state index in [1.165, 1.54) is 4.31 Å². The number of hydrogen-bond acceptors (Lipinski definition) is 3. The van der Waals surface area contributed by atoms with Crippen molar-refractivity contribution in [1.82, 2.24) is 9.21 Å². The van der Waals surface area contributed by atoms with E-state index in [2.05, 4.69) is 0 Å². The van der Waals surface area contributed by atoms with Crippen LogP contribution in [0.3, 0.4) is 0 Å². The smallest absolute Gasteiger partial charge is 0.254 e. The third-order valence-electron chi connectivity index (χ3n) is 3.91. The van der Waals surface area contributed by atoms with Crippen molar-refractivity contribution in [2.75, 3.05) is 19.8 Å². The monoisotopic (exact) mass is 330 g/mol. The molecule has 3 rings (SSSR count). The standard InChI is InChI=1S/C17H18N2O3S/c1-14-7-9-16(10-8-14)23(21,22)19-12-11-18(13-19)17(20)15-5-3-2-4-6-15/h2-10H,11-13H2,1H3. The Morgan fingerprint density at radius 1 is 0.957 bits per heavy atom. The van der Waals surface area contributed by atoms with Crippen molar-refractivity contribution in [2.45, 2.75) is 11.8 Å². The average molecular weight is 330 g/mol. The molecule has 1 heterocycles. The average Bonchev–Trinajstić information content (AvgIpc) is 3.06.